The highest BCUT2D eigenvalue weighted by molar-refractivity contribution is 6.16. The first-order valence-corrected chi connectivity index (χ1v) is 9.66. The third-order valence-corrected chi connectivity index (χ3v) is 5.46. The molecule has 1 aliphatic heterocycles. The molecule has 0 bridgehead atoms. The van der Waals surface area contributed by atoms with Crippen LogP contribution in [-0.4, -0.2) is 27.0 Å². The van der Waals surface area contributed by atoms with Crippen LogP contribution in [0.3, 0.4) is 0 Å². The molecule has 0 radical (unpaired) electrons. The number of benzene rings is 2. The zero-order valence-corrected chi connectivity index (χ0v) is 15.2. The Morgan fingerprint density at radius 1 is 1.00 bits per heavy atom. The van der Waals surface area contributed by atoms with E-state index in [-0.39, 0.29) is 0 Å². The van der Waals surface area contributed by atoms with E-state index in [9.17, 15) is 0 Å². The van der Waals surface area contributed by atoms with Crippen LogP contribution in [0.2, 0.25) is 0 Å². The van der Waals surface area contributed by atoms with E-state index >= 15 is 0 Å². The molecule has 0 spiro atoms. The van der Waals surface area contributed by atoms with Crippen molar-refractivity contribution in [1.82, 2.24) is 14.5 Å². The summed E-state index contributed by atoms with van der Waals surface area (Å²) in [6.07, 6.45) is 3.83. The molecule has 0 saturated carbocycles. The quantitative estimate of drug-likeness (QED) is 0.612. The number of para-hydroxylation sites is 2. The van der Waals surface area contributed by atoms with Gasteiger partial charge in [0.05, 0.1) is 16.9 Å². The average Bonchev–Trinajstić information content (AvgIpc) is 3.02. The Morgan fingerprint density at radius 3 is 2.64 bits per heavy atom. The second-order valence-corrected chi connectivity index (χ2v) is 7.13. The lowest BCUT2D eigenvalue weighted by Crippen LogP contribution is -2.41. The number of alkyl halides is 1. The molecular formula is C21H24ClN3. The van der Waals surface area contributed by atoms with E-state index in [1.54, 1.807) is 0 Å². The van der Waals surface area contributed by atoms with Crippen molar-refractivity contribution in [2.75, 3.05) is 6.54 Å². The first-order valence-electron chi connectivity index (χ1n) is 9.13. The van der Waals surface area contributed by atoms with E-state index in [1.165, 1.54) is 36.9 Å². The monoisotopic (exact) mass is 353 g/mol. The molecule has 25 heavy (non-hydrogen) atoms. The fourth-order valence-electron chi connectivity index (χ4n) is 3.93. The SMILES string of the molecule is ClCc1nc2ccccc2n1CC1CCCCN1Cc1ccccc1. The van der Waals surface area contributed by atoms with Crippen molar-refractivity contribution in [3.05, 3.63) is 66.0 Å². The number of likely N-dealkylation sites (tertiary alicyclic amines) is 1. The fraction of sp³-hybridized carbons (Fsp3) is 0.381. The highest BCUT2D eigenvalue weighted by Gasteiger charge is 2.24. The van der Waals surface area contributed by atoms with Gasteiger partial charge in [0.25, 0.3) is 0 Å². The van der Waals surface area contributed by atoms with Crippen molar-refractivity contribution in [2.45, 2.75) is 44.3 Å². The number of fused-ring (bicyclic) bond motifs is 1. The molecule has 1 atom stereocenters. The van der Waals surface area contributed by atoms with E-state index in [0.29, 0.717) is 11.9 Å². The lowest BCUT2D eigenvalue weighted by Gasteiger charge is -2.36. The van der Waals surface area contributed by atoms with Crippen LogP contribution in [0.5, 0.6) is 0 Å². The summed E-state index contributed by atoms with van der Waals surface area (Å²) in [6, 6.07) is 19.7. The highest BCUT2D eigenvalue weighted by Crippen LogP contribution is 2.24. The average molecular weight is 354 g/mol. The molecule has 3 aromatic rings. The molecule has 1 saturated heterocycles. The van der Waals surface area contributed by atoms with Crippen molar-refractivity contribution in [1.29, 1.82) is 0 Å². The number of halogens is 1. The summed E-state index contributed by atoms with van der Waals surface area (Å²) < 4.78 is 2.33. The van der Waals surface area contributed by atoms with Crippen molar-refractivity contribution < 1.29 is 0 Å². The fourth-order valence-corrected chi connectivity index (χ4v) is 4.14. The molecule has 130 valence electrons. The van der Waals surface area contributed by atoms with Gasteiger partial charge in [0, 0.05) is 19.1 Å². The molecule has 0 aliphatic carbocycles. The molecule has 4 rings (SSSR count). The molecule has 1 fully saturated rings. The Balaban J connectivity index is 1.59. The number of hydrogen-bond donors (Lipinski definition) is 0. The first kappa shape index (κ1) is 16.6. The molecule has 3 nitrogen and oxygen atoms in total. The van der Waals surface area contributed by atoms with E-state index in [2.05, 4.69) is 58.0 Å². The smallest absolute Gasteiger partial charge is 0.124 e. The van der Waals surface area contributed by atoms with Crippen molar-refractivity contribution in [3.8, 4) is 0 Å². The minimum Gasteiger partial charge on any atom is -0.325 e. The first-order chi connectivity index (χ1) is 12.3. The maximum Gasteiger partial charge on any atom is 0.124 e. The van der Waals surface area contributed by atoms with Crippen LogP contribution in [0.15, 0.2) is 54.6 Å². The third kappa shape index (κ3) is 3.58. The van der Waals surface area contributed by atoms with Crippen LogP contribution in [-0.2, 0) is 19.0 Å². The van der Waals surface area contributed by atoms with Gasteiger partial charge in [-0.05, 0) is 37.1 Å². The van der Waals surface area contributed by atoms with Gasteiger partial charge in [-0.3, -0.25) is 4.90 Å². The summed E-state index contributed by atoms with van der Waals surface area (Å²) in [7, 11) is 0. The lowest BCUT2D eigenvalue weighted by molar-refractivity contribution is 0.125. The topological polar surface area (TPSA) is 21.1 Å². The Hall–Kier alpha value is -1.84. The Bertz CT molecular complexity index is 828. The van der Waals surface area contributed by atoms with Crippen LogP contribution in [0.1, 0.15) is 30.7 Å². The number of nitrogens with zero attached hydrogens (tertiary/aromatic N) is 3. The normalized spacial score (nSPS) is 18.7. The van der Waals surface area contributed by atoms with Gasteiger partial charge in [-0.15, -0.1) is 11.6 Å². The summed E-state index contributed by atoms with van der Waals surface area (Å²) in [5.41, 5.74) is 3.63. The van der Waals surface area contributed by atoms with Crippen LogP contribution in [0, 0.1) is 0 Å². The Kier molecular flexibility index (Phi) is 5.04. The highest BCUT2D eigenvalue weighted by atomic mass is 35.5. The predicted octanol–water partition coefficient (Wildman–Crippen LogP) is 4.83. The van der Waals surface area contributed by atoms with E-state index in [1.807, 2.05) is 6.07 Å². The third-order valence-electron chi connectivity index (χ3n) is 5.22. The van der Waals surface area contributed by atoms with E-state index in [4.69, 9.17) is 16.6 Å². The summed E-state index contributed by atoms with van der Waals surface area (Å²) in [5, 5.41) is 0. The van der Waals surface area contributed by atoms with Gasteiger partial charge >= 0.3 is 0 Å². The van der Waals surface area contributed by atoms with Gasteiger partial charge in [0.15, 0.2) is 0 Å². The zero-order valence-electron chi connectivity index (χ0n) is 14.4. The molecule has 1 unspecified atom stereocenters. The molecule has 1 aliphatic rings. The predicted molar refractivity (Wildman–Crippen MR) is 104 cm³/mol. The molecule has 2 heterocycles. The van der Waals surface area contributed by atoms with Crippen molar-refractivity contribution in [2.24, 2.45) is 0 Å². The van der Waals surface area contributed by atoms with Crippen LogP contribution in [0.4, 0.5) is 0 Å². The van der Waals surface area contributed by atoms with Gasteiger partial charge in [0.2, 0.25) is 0 Å². The van der Waals surface area contributed by atoms with Crippen molar-refractivity contribution in [3.63, 3.8) is 0 Å². The van der Waals surface area contributed by atoms with E-state index in [0.717, 1.165) is 24.4 Å². The summed E-state index contributed by atoms with van der Waals surface area (Å²) in [6.45, 7) is 3.16. The van der Waals surface area contributed by atoms with Gasteiger partial charge in [0.1, 0.15) is 5.82 Å². The molecule has 0 amide bonds. The Morgan fingerprint density at radius 2 is 1.80 bits per heavy atom. The van der Waals surface area contributed by atoms with Crippen LogP contribution in [0.25, 0.3) is 11.0 Å². The maximum absolute atomic E-state index is 6.19. The van der Waals surface area contributed by atoms with Crippen molar-refractivity contribution >= 4 is 22.6 Å². The second kappa shape index (κ2) is 7.59. The standard InChI is InChI=1S/C21H24ClN3/c22-14-21-23-19-11-4-5-12-20(19)25(21)16-18-10-6-7-13-24(18)15-17-8-2-1-3-9-17/h1-5,8-9,11-12,18H,6-7,10,13-16H2. The molecule has 1 aromatic heterocycles. The van der Waals surface area contributed by atoms with Crippen LogP contribution >= 0.6 is 11.6 Å². The van der Waals surface area contributed by atoms with Gasteiger partial charge in [-0.1, -0.05) is 48.9 Å². The number of piperidine rings is 1. The molecule has 4 heteroatoms. The molecule has 0 N–H and O–H groups in total. The lowest BCUT2D eigenvalue weighted by atomic mass is 10.0. The summed E-state index contributed by atoms with van der Waals surface area (Å²) in [5.74, 6) is 1.44. The number of aromatic nitrogens is 2. The summed E-state index contributed by atoms with van der Waals surface area (Å²) >= 11 is 6.19. The van der Waals surface area contributed by atoms with Gasteiger partial charge < -0.3 is 4.57 Å². The Labute approximate surface area is 154 Å². The number of rotatable bonds is 5. The van der Waals surface area contributed by atoms with Gasteiger partial charge in [-0.25, -0.2) is 4.98 Å². The van der Waals surface area contributed by atoms with E-state index < -0.39 is 0 Å². The minimum absolute atomic E-state index is 0.458. The summed E-state index contributed by atoms with van der Waals surface area (Å²) in [4.78, 5) is 7.35. The largest absolute Gasteiger partial charge is 0.325 e. The van der Waals surface area contributed by atoms with Crippen LogP contribution < -0.4 is 0 Å². The minimum atomic E-state index is 0.458. The molecular weight excluding hydrogens is 330 g/mol. The number of hydrogen-bond acceptors (Lipinski definition) is 2. The molecule has 2 aromatic carbocycles. The van der Waals surface area contributed by atoms with Gasteiger partial charge in [-0.2, -0.15) is 0 Å². The second-order valence-electron chi connectivity index (χ2n) is 6.87. The zero-order chi connectivity index (χ0) is 17.1. The number of imidazole rings is 1. The maximum atomic E-state index is 6.19.